The molecule has 0 aromatic heterocycles. The molecule has 1 unspecified atom stereocenters. The summed E-state index contributed by atoms with van der Waals surface area (Å²) >= 11 is 0. The summed E-state index contributed by atoms with van der Waals surface area (Å²) < 4.78 is 5.64. The fraction of sp³-hybridized carbons (Fsp3) is 0.889. The summed E-state index contributed by atoms with van der Waals surface area (Å²) in [5, 5.41) is 8.84. The monoisotopic (exact) mass is 170 g/mol. The molecule has 2 rings (SSSR count). The fourth-order valence-corrected chi connectivity index (χ4v) is 2.26. The summed E-state index contributed by atoms with van der Waals surface area (Å²) in [6.07, 6.45) is 5.25. The summed E-state index contributed by atoms with van der Waals surface area (Å²) in [5.41, 5.74) is 0. The molecule has 0 radical (unpaired) electrons. The average Bonchev–Trinajstić information content (AvgIpc) is 2.03. The molecule has 2 aliphatic rings. The molecule has 2 bridgehead atoms. The second-order valence-electron chi connectivity index (χ2n) is 3.82. The standard InChI is InChI=1S/C9H14O3/c10-9(11)6-4-7-2-1-3-8(5-6)12-7/h6-8H,1-5H2,(H,10,11)/t6?,7-,8+. The predicted molar refractivity (Wildman–Crippen MR) is 42.9 cm³/mol. The van der Waals surface area contributed by atoms with Crippen molar-refractivity contribution in [2.75, 3.05) is 0 Å². The molecule has 0 saturated carbocycles. The number of hydrogen-bond acceptors (Lipinski definition) is 2. The van der Waals surface area contributed by atoms with Crippen LogP contribution in [0.15, 0.2) is 0 Å². The number of fused-ring (bicyclic) bond motifs is 2. The first kappa shape index (κ1) is 8.05. The van der Waals surface area contributed by atoms with Crippen molar-refractivity contribution >= 4 is 5.97 Å². The van der Waals surface area contributed by atoms with Gasteiger partial charge in [-0.15, -0.1) is 0 Å². The Morgan fingerprint density at radius 1 is 1.25 bits per heavy atom. The molecule has 2 aliphatic heterocycles. The molecule has 0 aliphatic carbocycles. The molecule has 0 aromatic carbocycles. The minimum absolute atomic E-state index is 0.144. The van der Waals surface area contributed by atoms with Crippen LogP contribution in [0.2, 0.25) is 0 Å². The van der Waals surface area contributed by atoms with Gasteiger partial charge in [-0.2, -0.15) is 0 Å². The first-order valence-electron chi connectivity index (χ1n) is 4.64. The normalized spacial score (nSPS) is 40.8. The van der Waals surface area contributed by atoms with Crippen LogP contribution in [0.1, 0.15) is 32.1 Å². The molecule has 1 N–H and O–H groups in total. The number of carboxylic acids is 1. The van der Waals surface area contributed by atoms with Crippen molar-refractivity contribution in [3.8, 4) is 0 Å². The van der Waals surface area contributed by atoms with Crippen LogP contribution in [0, 0.1) is 5.92 Å². The number of aliphatic carboxylic acids is 1. The molecule has 2 saturated heterocycles. The molecule has 12 heavy (non-hydrogen) atoms. The molecule has 0 aromatic rings. The van der Waals surface area contributed by atoms with E-state index in [0.29, 0.717) is 0 Å². The minimum Gasteiger partial charge on any atom is -0.481 e. The summed E-state index contributed by atoms with van der Waals surface area (Å²) in [4.78, 5) is 10.7. The highest BCUT2D eigenvalue weighted by atomic mass is 16.5. The smallest absolute Gasteiger partial charge is 0.306 e. The summed E-state index contributed by atoms with van der Waals surface area (Å²) in [5.74, 6) is -0.788. The van der Waals surface area contributed by atoms with Gasteiger partial charge in [0.15, 0.2) is 0 Å². The zero-order valence-corrected chi connectivity index (χ0v) is 7.03. The summed E-state index contributed by atoms with van der Waals surface area (Å²) in [6, 6.07) is 0. The van der Waals surface area contributed by atoms with Crippen LogP contribution in [0.4, 0.5) is 0 Å². The van der Waals surface area contributed by atoms with Gasteiger partial charge >= 0.3 is 5.97 Å². The maximum absolute atomic E-state index is 10.7. The highest BCUT2D eigenvalue weighted by molar-refractivity contribution is 5.70. The Morgan fingerprint density at radius 2 is 1.83 bits per heavy atom. The van der Waals surface area contributed by atoms with Crippen LogP contribution in [-0.2, 0) is 9.53 Å². The Labute approximate surface area is 71.7 Å². The molecular formula is C9H14O3. The topological polar surface area (TPSA) is 46.5 Å². The fourth-order valence-electron chi connectivity index (χ4n) is 2.26. The van der Waals surface area contributed by atoms with Gasteiger partial charge in [0, 0.05) is 0 Å². The van der Waals surface area contributed by atoms with E-state index in [9.17, 15) is 4.79 Å². The van der Waals surface area contributed by atoms with E-state index in [0.717, 1.165) is 25.7 Å². The largest absolute Gasteiger partial charge is 0.481 e. The van der Waals surface area contributed by atoms with Crippen LogP contribution in [0.25, 0.3) is 0 Å². The molecule has 68 valence electrons. The van der Waals surface area contributed by atoms with Crippen LogP contribution < -0.4 is 0 Å². The lowest BCUT2D eigenvalue weighted by atomic mass is 9.84. The van der Waals surface area contributed by atoms with Gasteiger partial charge in [-0.25, -0.2) is 0 Å². The molecule has 3 atom stereocenters. The molecule has 2 fully saturated rings. The van der Waals surface area contributed by atoms with Crippen LogP contribution >= 0.6 is 0 Å². The van der Waals surface area contributed by atoms with Gasteiger partial charge in [0.05, 0.1) is 18.1 Å². The maximum atomic E-state index is 10.7. The van der Waals surface area contributed by atoms with Crippen LogP contribution in [-0.4, -0.2) is 23.3 Å². The summed E-state index contributed by atoms with van der Waals surface area (Å²) in [7, 11) is 0. The van der Waals surface area contributed by atoms with Crippen molar-refractivity contribution in [1.29, 1.82) is 0 Å². The van der Waals surface area contributed by atoms with Crippen molar-refractivity contribution in [2.45, 2.75) is 44.3 Å². The van der Waals surface area contributed by atoms with Crippen molar-refractivity contribution in [3.05, 3.63) is 0 Å². The van der Waals surface area contributed by atoms with Gasteiger partial charge in [0.1, 0.15) is 0 Å². The van der Waals surface area contributed by atoms with E-state index in [2.05, 4.69) is 0 Å². The van der Waals surface area contributed by atoms with Crippen molar-refractivity contribution < 1.29 is 14.6 Å². The quantitative estimate of drug-likeness (QED) is 0.647. The van der Waals surface area contributed by atoms with Crippen LogP contribution in [0.3, 0.4) is 0 Å². The van der Waals surface area contributed by atoms with E-state index in [1.807, 2.05) is 0 Å². The van der Waals surface area contributed by atoms with Gasteiger partial charge in [0.25, 0.3) is 0 Å². The van der Waals surface area contributed by atoms with Gasteiger partial charge in [-0.05, 0) is 32.1 Å². The lowest BCUT2D eigenvalue weighted by molar-refractivity contribution is -0.155. The summed E-state index contributed by atoms with van der Waals surface area (Å²) in [6.45, 7) is 0. The van der Waals surface area contributed by atoms with E-state index in [1.54, 1.807) is 0 Å². The number of carbonyl (C=O) groups is 1. The Balaban J connectivity index is 2.00. The van der Waals surface area contributed by atoms with Crippen molar-refractivity contribution in [2.24, 2.45) is 5.92 Å². The zero-order valence-electron chi connectivity index (χ0n) is 7.03. The molecule has 2 heterocycles. The number of ether oxygens (including phenoxy) is 1. The van der Waals surface area contributed by atoms with E-state index < -0.39 is 5.97 Å². The Kier molecular flexibility index (Phi) is 2.05. The second kappa shape index (κ2) is 3.05. The van der Waals surface area contributed by atoms with Gasteiger partial charge in [-0.3, -0.25) is 4.79 Å². The van der Waals surface area contributed by atoms with Crippen LogP contribution in [0.5, 0.6) is 0 Å². The first-order chi connectivity index (χ1) is 5.75. The molecule has 0 amide bonds. The Hall–Kier alpha value is -0.570. The first-order valence-corrected chi connectivity index (χ1v) is 4.64. The molecule has 3 nitrogen and oxygen atoms in total. The zero-order chi connectivity index (χ0) is 8.55. The van der Waals surface area contributed by atoms with Gasteiger partial charge in [-0.1, -0.05) is 0 Å². The van der Waals surface area contributed by atoms with E-state index >= 15 is 0 Å². The Morgan fingerprint density at radius 3 is 2.33 bits per heavy atom. The SMILES string of the molecule is O=C(O)C1C[C@H]2CCC[C@@H](C1)O2. The molecule has 0 spiro atoms. The van der Waals surface area contributed by atoms with Gasteiger partial charge < -0.3 is 9.84 Å². The van der Waals surface area contributed by atoms with E-state index in [-0.39, 0.29) is 18.1 Å². The minimum atomic E-state index is -0.643. The van der Waals surface area contributed by atoms with Crippen molar-refractivity contribution in [1.82, 2.24) is 0 Å². The molecular weight excluding hydrogens is 156 g/mol. The van der Waals surface area contributed by atoms with E-state index in [4.69, 9.17) is 9.84 Å². The third-order valence-corrected chi connectivity index (χ3v) is 2.88. The lowest BCUT2D eigenvalue weighted by Gasteiger charge is -2.37. The predicted octanol–water partition coefficient (Wildman–Crippen LogP) is 1.42. The third kappa shape index (κ3) is 1.46. The number of rotatable bonds is 1. The lowest BCUT2D eigenvalue weighted by Crippen LogP contribution is -2.39. The van der Waals surface area contributed by atoms with E-state index in [1.165, 1.54) is 6.42 Å². The highest BCUT2D eigenvalue weighted by Gasteiger charge is 2.35. The second-order valence-corrected chi connectivity index (χ2v) is 3.82. The highest BCUT2D eigenvalue weighted by Crippen LogP contribution is 2.34. The average molecular weight is 170 g/mol. The van der Waals surface area contributed by atoms with Crippen molar-refractivity contribution in [3.63, 3.8) is 0 Å². The third-order valence-electron chi connectivity index (χ3n) is 2.88. The number of hydrogen-bond donors (Lipinski definition) is 1. The molecule has 3 heteroatoms. The maximum Gasteiger partial charge on any atom is 0.306 e. The van der Waals surface area contributed by atoms with Gasteiger partial charge in [0.2, 0.25) is 0 Å². The Bertz CT molecular complexity index is 178. The number of carboxylic acid groups (broad SMARTS) is 1.